The van der Waals surface area contributed by atoms with E-state index in [1.165, 1.54) is 7.11 Å². The van der Waals surface area contributed by atoms with Crippen molar-refractivity contribution in [1.82, 2.24) is 14.5 Å². The van der Waals surface area contributed by atoms with Crippen LogP contribution in [0.4, 0.5) is 0 Å². The molecule has 0 saturated carbocycles. The number of hydrogen-bond acceptors (Lipinski definition) is 6. The van der Waals surface area contributed by atoms with Crippen molar-refractivity contribution < 1.29 is 28.9 Å². The lowest BCUT2D eigenvalue weighted by Gasteiger charge is -2.37. The zero-order valence-corrected chi connectivity index (χ0v) is 21.8. The van der Waals surface area contributed by atoms with Crippen LogP contribution in [-0.4, -0.2) is 45.4 Å². The number of nitrogens with one attached hydrogen (secondary N) is 1. The molecule has 3 atom stereocenters. The first-order valence-corrected chi connectivity index (χ1v) is 13.3. The third-order valence-electron chi connectivity index (χ3n) is 8.89. The molecule has 1 fully saturated rings. The normalized spacial score (nSPS) is 25.1. The Hall–Kier alpha value is -4.08. The van der Waals surface area contributed by atoms with Crippen molar-refractivity contribution in [2.24, 2.45) is 0 Å². The number of rotatable bonds is 4. The zero-order chi connectivity index (χ0) is 26.8. The summed E-state index contributed by atoms with van der Waals surface area (Å²) in [7, 11) is 1.28. The van der Waals surface area contributed by atoms with Gasteiger partial charge in [-0.25, -0.2) is 4.79 Å². The number of aromatic nitrogens is 2. The van der Waals surface area contributed by atoms with Crippen LogP contribution in [0.3, 0.4) is 0 Å². The average Bonchev–Trinajstić information content (AvgIpc) is 3.63. The lowest BCUT2D eigenvalue weighted by molar-refractivity contribution is -0.202. The molecule has 9 heteroatoms. The van der Waals surface area contributed by atoms with Gasteiger partial charge in [0.1, 0.15) is 12.0 Å². The summed E-state index contributed by atoms with van der Waals surface area (Å²) < 4.78 is 21.9. The highest BCUT2D eigenvalue weighted by Crippen LogP contribution is 2.57. The summed E-state index contributed by atoms with van der Waals surface area (Å²) in [6.45, 7) is 4.77. The van der Waals surface area contributed by atoms with Crippen molar-refractivity contribution in [1.29, 1.82) is 0 Å². The van der Waals surface area contributed by atoms with Gasteiger partial charge < -0.3 is 33.8 Å². The first-order valence-electron chi connectivity index (χ1n) is 13.3. The number of benzene rings is 3. The van der Waals surface area contributed by atoms with Crippen molar-refractivity contribution in [3.8, 4) is 5.75 Å². The third kappa shape index (κ3) is 2.49. The SMILES string of the molecule is CCCOc1ccc2c(c1)c1c3c(c4c5ccccc5n5c4c1n2[C@H]1C[C@](O)(C(=O)OC)[C@]5(C)O1)CNC3=O. The van der Waals surface area contributed by atoms with Crippen LogP contribution < -0.4 is 10.1 Å². The van der Waals surface area contributed by atoms with Crippen molar-refractivity contribution >= 4 is 55.5 Å². The highest BCUT2D eigenvalue weighted by Gasteiger charge is 2.65. The number of aliphatic hydroxyl groups is 1. The number of ether oxygens (including phenoxy) is 3. The van der Waals surface area contributed by atoms with E-state index in [0.717, 1.165) is 61.3 Å². The molecule has 1 amide bonds. The van der Waals surface area contributed by atoms with Gasteiger partial charge in [-0.3, -0.25) is 4.79 Å². The van der Waals surface area contributed by atoms with Gasteiger partial charge in [0.25, 0.3) is 5.91 Å². The predicted molar refractivity (Wildman–Crippen MR) is 145 cm³/mol. The van der Waals surface area contributed by atoms with Crippen LogP contribution in [0.5, 0.6) is 5.75 Å². The fraction of sp³-hybridized carbons (Fsp3) is 0.333. The topological polar surface area (TPSA) is 104 Å². The van der Waals surface area contributed by atoms with Gasteiger partial charge in [-0.2, -0.15) is 0 Å². The molecule has 3 aliphatic rings. The van der Waals surface area contributed by atoms with E-state index in [4.69, 9.17) is 14.2 Å². The van der Waals surface area contributed by atoms with E-state index in [-0.39, 0.29) is 12.3 Å². The van der Waals surface area contributed by atoms with E-state index in [2.05, 4.69) is 12.2 Å². The van der Waals surface area contributed by atoms with E-state index in [0.29, 0.717) is 18.7 Å². The molecule has 2 N–H and O–H groups in total. The smallest absolute Gasteiger partial charge is 0.343 e. The molecular weight excluding hydrogens is 498 g/mol. The molecule has 198 valence electrons. The van der Waals surface area contributed by atoms with E-state index in [1.807, 2.05) is 51.6 Å². The molecule has 3 aromatic carbocycles. The fourth-order valence-electron chi connectivity index (χ4n) is 7.23. The van der Waals surface area contributed by atoms with Gasteiger partial charge in [-0.15, -0.1) is 0 Å². The highest BCUT2D eigenvalue weighted by molar-refractivity contribution is 6.31. The minimum Gasteiger partial charge on any atom is -0.494 e. The van der Waals surface area contributed by atoms with E-state index >= 15 is 0 Å². The van der Waals surface area contributed by atoms with Crippen LogP contribution in [0.25, 0.3) is 43.6 Å². The van der Waals surface area contributed by atoms with Gasteiger partial charge in [0.05, 0.1) is 41.3 Å². The van der Waals surface area contributed by atoms with E-state index in [1.54, 1.807) is 6.92 Å². The maximum atomic E-state index is 13.4. The van der Waals surface area contributed by atoms with Crippen molar-refractivity contribution in [3.63, 3.8) is 0 Å². The summed E-state index contributed by atoms with van der Waals surface area (Å²) in [5.41, 5.74) is 1.43. The monoisotopic (exact) mass is 525 g/mol. The number of carbonyl (C=O) groups excluding carboxylic acids is 2. The van der Waals surface area contributed by atoms with Crippen LogP contribution in [0.1, 0.15) is 48.8 Å². The highest BCUT2D eigenvalue weighted by atomic mass is 16.6. The summed E-state index contributed by atoms with van der Waals surface area (Å²) >= 11 is 0. The van der Waals surface area contributed by atoms with Gasteiger partial charge in [0, 0.05) is 34.5 Å². The Morgan fingerprint density at radius 3 is 2.77 bits per heavy atom. The molecule has 1 saturated heterocycles. The minimum atomic E-state index is -1.96. The second-order valence-electron chi connectivity index (χ2n) is 10.8. The molecule has 0 radical (unpaired) electrons. The lowest BCUT2D eigenvalue weighted by atomic mass is 9.88. The molecule has 0 spiro atoms. The number of fused-ring (bicyclic) bond motifs is 13. The van der Waals surface area contributed by atoms with Crippen LogP contribution >= 0.6 is 0 Å². The summed E-state index contributed by atoms with van der Waals surface area (Å²) in [4.78, 5) is 26.7. The lowest BCUT2D eigenvalue weighted by Crippen LogP contribution is -2.56. The number of carbonyl (C=O) groups is 2. The predicted octanol–water partition coefficient (Wildman–Crippen LogP) is 4.44. The Bertz CT molecular complexity index is 1940. The van der Waals surface area contributed by atoms with Crippen LogP contribution in [0.2, 0.25) is 0 Å². The maximum Gasteiger partial charge on any atom is 0.343 e. The summed E-state index contributed by atoms with van der Waals surface area (Å²) in [5.74, 6) is -0.144. The number of amides is 1. The quantitative estimate of drug-likeness (QED) is 0.336. The van der Waals surface area contributed by atoms with Gasteiger partial charge >= 0.3 is 5.97 Å². The molecular formula is C30H27N3O6. The van der Waals surface area contributed by atoms with Gasteiger partial charge in [0.2, 0.25) is 5.60 Å². The minimum absolute atomic E-state index is 0.0140. The van der Waals surface area contributed by atoms with Crippen LogP contribution in [-0.2, 0) is 26.5 Å². The molecule has 0 unspecified atom stereocenters. The van der Waals surface area contributed by atoms with Crippen molar-refractivity contribution in [2.45, 2.75) is 50.8 Å². The number of methoxy groups -OCH3 is 1. The second kappa shape index (κ2) is 7.31. The average molecular weight is 526 g/mol. The van der Waals surface area contributed by atoms with E-state index in [9.17, 15) is 14.7 Å². The van der Waals surface area contributed by atoms with Crippen molar-refractivity contribution in [3.05, 3.63) is 53.6 Å². The van der Waals surface area contributed by atoms with Crippen LogP contribution in [0, 0.1) is 0 Å². The fourth-order valence-corrected chi connectivity index (χ4v) is 7.23. The van der Waals surface area contributed by atoms with Crippen LogP contribution in [0.15, 0.2) is 42.5 Å². The standard InChI is InChI=1S/C30H27N3O6/c1-4-11-38-15-9-10-19-17(12-15)23-24-18(14-31-27(24)34)22-16-7-5-6-8-20(16)33-26(22)25(23)32(19)21-13-30(36,28(35)37-3)29(33,2)39-21/h5-10,12,21,36H,4,11,13-14H2,1-3H3,(H,31,34)/t21-,29+,30+/m1/s1. The number of para-hydroxylation sites is 1. The number of hydrogen-bond donors (Lipinski definition) is 2. The Balaban J connectivity index is 1.65. The summed E-state index contributed by atoms with van der Waals surface area (Å²) in [5, 5.41) is 18.7. The summed E-state index contributed by atoms with van der Waals surface area (Å²) in [6.07, 6.45) is 0.171. The Labute approximate surface area is 222 Å². The van der Waals surface area contributed by atoms with Gasteiger partial charge in [0.15, 0.2) is 5.72 Å². The summed E-state index contributed by atoms with van der Waals surface area (Å²) in [6, 6.07) is 13.7. The Morgan fingerprint density at radius 1 is 1.15 bits per heavy atom. The van der Waals surface area contributed by atoms with E-state index < -0.39 is 23.5 Å². The molecule has 0 aliphatic carbocycles. The molecule has 2 bridgehead atoms. The molecule has 8 rings (SSSR count). The molecule has 9 nitrogen and oxygen atoms in total. The van der Waals surface area contributed by atoms with Gasteiger partial charge in [-0.1, -0.05) is 25.1 Å². The third-order valence-corrected chi connectivity index (χ3v) is 8.89. The Morgan fingerprint density at radius 2 is 1.97 bits per heavy atom. The number of nitrogens with zero attached hydrogens (tertiary/aromatic N) is 2. The molecule has 2 aromatic heterocycles. The first kappa shape index (κ1) is 22.9. The largest absolute Gasteiger partial charge is 0.494 e. The molecule has 5 heterocycles. The second-order valence-corrected chi connectivity index (χ2v) is 10.8. The van der Waals surface area contributed by atoms with Crippen molar-refractivity contribution in [2.75, 3.05) is 13.7 Å². The van der Waals surface area contributed by atoms with Gasteiger partial charge in [-0.05, 0) is 43.2 Å². The maximum absolute atomic E-state index is 13.4. The Kier molecular flexibility index (Phi) is 4.28. The number of esters is 1. The molecule has 3 aliphatic heterocycles. The first-order chi connectivity index (χ1) is 18.8. The zero-order valence-electron chi connectivity index (χ0n) is 21.8. The molecule has 5 aromatic rings. The molecule has 39 heavy (non-hydrogen) atoms.